The van der Waals surface area contributed by atoms with Crippen LogP contribution in [0.1, 0.15) is 39.5 Å². The van der Waals surface area contributed by atoms with Gasteiger partial charge in [-0.15, -0.1) is 0 Å². The van der Waals surface area contributed by atoms with Gasteiger partial charge in [0, 0.05) is 26.0 Å². The fraction of sp³-hybridized carbons (Fsp3) is 0.800. The van der Waals surface area contributed by atoms with Crippen molar-refractivity contribution in [3.63, 3.8) is 0 Å². The van der Waals surface area contributed by atoms with E-state index in [1.54, 1.807) is 0 Å². The summed E-state index contributed by atoms with van der Waals surface area (Å²) in [6.45, 7) is 4.93. The number of hydrazone groups is 1. The van der Waals surface area contributed by atoms with E-state index in [2.05, 4.69) is 10.4 Å². The van der Waals surface area contributed by atoms with Gasteiger partial charge in [0.15, 0.2) is 9.84 Å². The van der Waals surface area contributed by atoms with Gasteiger partial charge in [-0.05, 0) is 26.7 Å². The normalized spacial score (nSPS) is 23.5. The maximum Gasteiger partial charge on any atom is 0.267 e. The highest BCUT2D eigenvalue weighted by molar-refractivity contribution is 7.91. The lowest BCUT2D eigenvalue weighted by Gasteiger charge is -2.27. The van der Waals surface area contributed by atoms with Crippen molar-refractivity contribution < 1.29 is 22.7 Å². The first-order valence-corrected chi connectivity index (χ1v) is 10.1. The van der Waals surface area contributed by atoms with Crippen LogP contribution >= 0.6 is 0 Å². The Morgan fingerprint density at radius 3 is 2.79 bits per heavy atom. The van der Waals surface area contributed by atoms with Crippen LogP contribution in [0.3, 0.4) is 0 Å². The average Bonchev–Trinajstić information content (AvgIpc) is 2.86. The van der Waals surface area contributed by atoms with Gasteiger partial charge in [-0.3, -0.25) is 9.59 Å². The van der Waals surface area contributed by atoms with Crippen molar-refractivity contribution in [2.24, 2.45) is 5.10 Å². The first-order valence-electron chi connectivity index (χ1n) is 8.28. The van der Waals surface area contributed by atoms with Gasteiger partial charge >= 0.3 is 0 Å². The summed E-state index contributed by atoms with van der Waals surface area (Å²) in [6, 6.07) is -0.454. The predicted molar refractivity (Wildman–Crippen MR) is 89.3 cm³/mol. The van der Waals surface area contributed by atoms with E-state index in [4.69, 9.17) is 4.74 Å². The molecule has 2 rings (SSSR count). The average molecular weight is 359 g/mol. The minimum Gasteiger partial charge on any atom is -0.379 e. The van der Waals surface area contributed by atoms with E-state index >= 15 is 0 Å². The topological polar surface area (TPSA) is 105 Å². The second kappa shape index (κ2) is 8.06. The molecule has 1 saturated heterocycles. The van der Waals surface area contributed by atoms with Gasteiger partial charge in [-0.2, -0.15) is 5.10 Å². The third-order valence-electron chi connectivity index (χ3n) is 3.93. The molecule has 0 aromatic rings. The monoisotopic (exact) mass is 359 g/mol. The first-order chi connectivity index (χ1) is 11.3. The van der Waals surface area contributed by atoms with Crippen molar-refractivity contribution in [2.45, 2.75) is 51.7 Å². The highest BCUT2D eigenvalue weighted by Gasteiger charge is 2.37. The maximum atomic E-state index is 12.2. The highest BCUT2D eigenvalue weighted by Crippen LogP contribution is 2.22. The van der Waals surface area contributed by atoms with Crippen LogP contribution in [0.25, 0.3) is 0 Å². The summed E-state index contributed by atoms with van der Waals surface area (Å²) in [5, 5.41) is 8.09. The van der Waals surface area contributed by atoms with Gasteiger partial charge in [0.1, 0.15) is 5.71 Å². The third kappa shape index (κ3) is 5.27. The molecule has 0 radical (unpaired) electrons. The van der Waals surface area contributed by atoms with Gasteiger partial charge in [0.25, 0.3) is 5.91 Å². The van der Waals surface area contributed by atoms with Crippen LogP contribution in [0.5, 0.6) is 0 Å². The molecule has 136 valence electrons. The Balaban J connectivity index is 1.88. The molecule has 1 atom stereocenters. The standard InChI is InChI=1S/C15H25N3O5S/c1-11(2)23-8-3-7-16-15(20)13-4-5-14(19)18(17-13)12-6-9-24(21,22)10-12/h11-12H,3-10H2,1-2H3,(H,16,20)/t12-/m1/s1. The lowest BCUT2D eigenvalue weighted by atomic mass is 10.1. The van der Waals surface area contributed by atoms with Gasteiger partial charge in [0.2, 0.25) is 5.91 Å². The van der Waals surface area contributed by atoms with Crippen molar-refractivity contribution >= 4 is 27.4 Å². The summed E-state index contributed by atoms with van der Waals surface area (Å²) >= 11 is 0. The minimum absolute atomic E-state index is 0.0638. The molecule has 24 heavy (non-hydrogen) atoms. The molecule has 0 aromatic heterocycles. The molecule has 9 heteroatoms. The van der Waals surface area contributed by atoms with Crippen LogP contribution in [0.15, 0.2) is 5.10 Å². The van der Waals surface area contributed by atoms with Crippen molar-refractivity contribution in [3.05, 3.63) is 0 Å². The molecule has 1 N–H and O–H groups in total. The Hall–Kier alpha value is -1.48. The smallest absolute Gasteiger partial charge is 0.267 e. The van der Waals surface area contributed by atoms with Crippen LogP contribution in [0.4, 0.5) is 0 Å². The number of ether oxygens (including phenoxy) is 1. The summed E-state index contributed by atoms with van der Waals surface area (Å²) < 4.78 is 28.6. The number of carbonyl (C=O) groups excluding carboxylic acids is 2. The molecule has 0 aromatic carbocycles. The lowest BCUT2D eigenvalue weighted by molar-refractivity contribution is -0.133. The van der Waals surface area contributed by atoms with Crippen LogP contribution in [-0.4, -0.2) is 67.8 Å². The Labute approximate surface area is 142 Å². The van der Waals surface area contributed by atoms with E-state index < -0.39 is 15.9 Å². The Bertz CT molecular complexity index is 615. The fourth-order valence-corrected chi connectivity index (χ4v) is 4.38. The SMILES string of the molecule is CC(C)OCCCNC(=O)C1=NN([C@@H]2CCS(=O)(=O)C2)C(=O)CC1. The van der Waals surface area contributed by atoms with E-state index in [0.29, 0.717) is 26.0 Å². The number of hydrogen-bond donors (Lipinski definition) is 1. The molecule has 0 spiro atoms. The zero-order chi connectivity index (χ0) is 17.7. The largest absolute Gasteiger partial charge is 0.379 e. The van der Waals surface area contributed by atoms with Crippen LogP contribution in [0, 0.1) is 0 Å². The summed E-state index contributed by atoms with van der Waals surface area (Å²) in [4.78, 5) is 24.1. The zero-order valence-electron chi connectivity index (χ0n) is 14.2. The van der Waals surface area contributed by atoms with Crippen molar-refractivity contribution in [1.82, 2.24) is 10.3 Å². The van der Waals surface area contributed by atoms with Gasteiger partial charge in [-0.25, -0.2) is 13.4 Å². The van der Waals surface area contributed by atoms with Crippen LogP contribution in [0.2, 0.25) is 0 Å². The molecule has 1 fully saturated rings. The van der Waals surface area contributed by atoms with Crippen molar-refractivity contribution in [2.75, 3.05) is 24.7 Å². The van der Waals surface area contributed by atoms with Gasteiger partial charge < -0.3 is 10.1 Å². The summed E-state index contributed by atoms with van der Waals surface area (Å²) in [7, 11) is -3.11. The summed E-state index contributed by atoms with van der Waals surface area (Å²) in [5.74, 6) is -0.547. The minimum atomic E-state index is -3.11. The lowest BCUT2D eigenvalue weighted by Crippen LogP contribution is -2.44. The van der Waals surface area contributed by atoms with Crippen LogP contribution in [-0.2, 0) is 24.2 Å². The summed E-state index contributed by atoms with van der Waals surface area (Å²) in [5.41, 5.74) is 0.281. The van der Waals surface area contributed by atoms with Crippen molar-refractivity contribution in [1.29, 1.82) is 0 Å². The second-order valence-corrected chi connectivity index (χ2v) is 8.60. The molecule has 0 aliphatic carbocycles. The second-order valence-electron chi connectivity index (χ2n) is 6.37. The Kier molecular flexibility index (Phi) is 6.34. The maximum absolute atomic E-state index is 12.2. The number of nitrogens with one attached hydrogen (secondary N) is 1. The molecule has 2 heterocycles. The molecule has 0 unspecified atom stereocenters. The van der Waals surface area contributed by atoms with E-state index in [0.717, 1.165) is 0 Å². The Morgan fingerprint density at radius 1 is 1.42 bits per heavy atom. The number of rotatable bonds is 7. The van der Waals surface area contributed by atoms with E-state index in [9.17, 15) is 18.0 Å². The number of hydrogen-bond acceptors (Lipinski definition) is 6. The van der Waals surface area contributed by atoms with Gasteiger partial charge in [-0.1, -0.05) is 0 Å². The number of nitrogens with zero attached hydrogens (tertiary/aromatic N) is 2. The van der Waals surface area contributed by atoms with Crippen molar-refractivity contribution in [3.8, 4) is 0 Å². The molecular formula is C15H25N3O5S. The molecule has 2 aliphatic heterocycles. The molecule has 0 bridgehead atoms. The van der Waals surface area contributed by atoms with E-state index in [1.807, 2.05) is 13.8 Å². The first kappa shape index (κ1) is 18.9. The summed E-state index contributed by atoms with van der Waals surface area (Å²) in [6.07, 6.45) is 1.69. The highest BCUT2D eigenvalue weighted by atomic mass is 32.2. The third-order valence-corrected chi connectivity index (χ3v) is 5.68. The predicted octanol–water partition coefficient (Wildman–Crippen LogP) is 0.0832. The fourth-order valence-electron chi connectivity index (χ4n) is 2.68. The number of sulfone groups is 1. The van der Waals surface area contributed by atoms with E-state index in [-0.39, 0.29) is 48.0 Å². The van der Waals surface area contributed by atoms with Crippen LogP contribution < -0.4 is 5.32 Å². The molecule has 2 aliphatic rings. The zero-order valence-corrected chi connectivity index (χ0v) is 15.0. The quantitative estimate of drug-likeness (QED) is 0.648. The Morgan fingerprint density at radius 2 is 2.17 bits per heavy atom. The molecule has 0 saturated carbocycles. The molecule has 2 amide bonds. The molecule has 8 nitrogen and oxygen atoms in total. The number of carbonyl (C=O) groups is 2. The van der Waals surface area contributed by atoms with E-state index in [1.165, 1.54) is 5.01 Å². The molecular weight excluding hydrogens is 334 g/mol. The van der Waals surface area contributed by atoms with Gasteiger partial charge in [0.05, 0.1) is 23.7 Å². The number of amides is 2.